The molecule has 3 rings (SSSR count). The van der Waals surface area contributed by atoms with Crippen LogP contribution in [-0.4, -0.2) is 17.7 Å². The van der Waals surface area contributed by atoms with Gasteiger partial charge in [-0.25, -0.2) is 4.79 Å². The molecular weight excluding hydrogens is 314 g/mol. The Balaban J connectivity index is 1.55. The molecule has 2 N–H and O–H groups in total. The van der Waals surface area contributed by atoms with Crippen LogP contribution in [-0.2, 0) is 11.3 Å². The van der Waals surface area contributed by atoms with Gasteiger partial charge in [-0.15, -0.1) is 0 Å². The molecule has 0 fully saturated rings. The van der Waals surface area contributed by atoms with Crippen molar-refractivity contribution in [2.24, 2.45) is 0 Å². The van der Waals surface area contributed by atoms with Crippen LogP contribution in [0.25, 0.3) is 16.8 Å². The van der Waals surface area contributed by atoms with Gasteiger partial charge in [-0.05, 0) is 22.4 Å². The van der Waals surface area contributed by atoms with Crippen LogP contribution in [0.2, 0.25) is 0 Å². The van der Waals surface area contributed by atoms with E-state index in [0.29, 0.717) is 6.54 Å². The van der Waals surface area contributed by atoms with E-state index in [4.69, 9.17) is 4.74 Å². The lowest BCUT2D eigenvalue weighted by Gasteiger charge is -2.06. The Bertz CT molecular complexity index is 888. The van der Waals surface area contributed by atoms with Gasteiger partial charge in [-0.2, -0.15) is 0 Å². The van der Waals surface area contributed by atoms with Crippen LogP contribution >= 0.6 is 0 Å². The van der Waals surface area contributed by atoms with Gasteiger partial charge >= 0.3 is 6.09 Å². The second-order valence-corrected chi connectivity index (χ2v) is 5.56. The molecule has 0 bridgehead atoms. The third-order valence-electron chi connectivity index (χ3n) is 3.81. The third-order valence-corrected chi connectivity index (χ3v) is 3.81. The Labute approximate surface area is 146 Å². The summed E-state index contributed by atoms with van der Waals surface area (Å²) >= 11 is 0. The van der Waals surface area contributed by atoms with Gasteiger partial charge < -0.3 is 15.2 Å². The summed E-state index contributed by atoms with van der Waals surface area (Å²) in [4.78, 5) is 11.7. The Morgan fingerprint density at radius 2 is 1.76 bits per heavy atom. The molecule has 4 nitrogen and oxygen atoms in total. The van der Waals surface area contributed by atoms with Crippen LogP contribution in [0.4, 0.5) is 4.79 Å². The maximum absolute atomic E-state index is 11.7. The van der Waals surface area contributed by atoms with E-state index in [2.05, 4.69) is 5.32 Å². The first kappa shape index (κ1) is 16.6. The highest BCUT2D eigenvalue weighted by Gasteiger charge is 2.04. The minimum Gasteiger partial charge on any atom is -0.507 e. The average molecular weight is 333 g/mol. The predicted octanol–water partition coefficient (Wildman–Crippen LogP) is 4.49. The number of aromatic hydroxyl groups is 1. The van der Waals surface area contributed by atoms with Crippen molar-refractivity contribution in [2.45, 2.75) is 6.61 Å². The molecule has 0 radical (unpaired) electrons. The molecule has 4 heteroatoms. The number of hydrogen-bond acceptors (Lipinski definition) is 3. The number of fused-ring (bicyclic) bond motifs is 1. The van der Waals surface area contributed by atoms with Gasteiger partial charge in [0.05, 0.1) is 0 Å². The number of carbonyl (C=O) groups excluding carboxylic acids is 1. The topological polar surface area (TPSA) is 58.6 Å². The number of rotatable bonds is 5. The Morgan fingerprint density at radius 3 is 2.60 bits per heavy atom. The zero-order valence-electron chi connectivity index (χ0n) is 13.7. The SMILES string of the molecule is O=C(NCC=Cc1c(O)ccc2ccccc12)OCc1ccccc1. The second-order valence-electron chi connectivity index (χ2n) is 5.56. The smallest absolute Gasteiger partial charge is 0.407 e. The zero-order valence-corrected chi connectivity index (χ0v) is 13.7. The number of alkyl carbamates (subject to hydrolysis) is 1. The summed E-state index contributed by atoms with van der Waals surface area (Å²) in [5.41, 5.74) is 1.67. The van der Waals surface area contributed by atoms with Gasteiger partial charge in [-0.1, -0.05) is 72.8 Å². The lowest BCUT2D eigenvalue weighted by molar-refractivity contribution is 0.141. The van der Waals surface area contributed by atoms with Crippen molar-refractivity contribution in [3.05, 3.63) is 83.9 Å². The van der Waals surface area contributed by atoms with Gasteiger partial charge in [-0.3, -0.25) is 0 Å². The van der Waals surface area contributed by atoms with Crippen LogP contribution in [0.15, 0.2) is 72.8 Å². The molecule has 3 aromatic carbocycles. The molecule has 0 atom stereocenters. The van der Waals surface area contributed by atoms with Crippen molar-refractivity contribution >= 4 is 22.9 Å². The van der Waals surface area contributed by atoms with Crippen LogP contribution in [0.5, 0.6) is 5.75 Å². The van der Waals surface area contributed by atoms with Crippen LogP contribution in [0, 0.1) is 0 Å². The first-order valence-electron chi connectivity index (χ1n) is 8.06. The van der Waals surface area contributed by atoms with Gasteiger partial charge in [0.25, 0.3) is 0 Å². The number of benzene rings is 3. The molecular formula is C21H19NO3. The number of phenolic OH excluding ortho intramolecular Hbond substituents is 1. The molecule has 0 aliphatic rings. The minimum absolute atomic E-state index is 0.210. The molecule has 0 aromatic heterocycles. The monoisotopic (exact) mass is 333 g/mol. The number of hydrogen-bond donors (Lipinski definition) is 2. The van der Waals surface area contributed by atoms with Gasteiger partial charge in [0, 0.05) is 12.1 Å². The van der Waals surface area contributed by atoms with Gasteiger partial charge in [0.1, 0.15) is 12.4 Å². The third kappa shape index (κ3) is 4.38. The Morgan fingerprint density at radius 1 is 1.00 bits per heavy atom. The largest absolute Gasteiger partial charge is 0.507 e. The molecule has 0 aliphatic carbocycles. The van der Waals surface area contributed by atoms with Crippen molar-refractivity contribution in [2.75, 3.05) is 6.54 Å². The number of nitrogens with one attached hydrogen (secondary N) is 1. The van der Waals surface area contributed by atoms with Crippen molar-refractivity contribution in [3.8, 4) is 5.75 Å². The van der Waals surface area contributed by atoms with E-state index in [1.165, 1.54) is 0 Å². The lowest BCUT2D eigenvalue weighted by Crippen LogP contribution is -2.24. The second kappa shape index (κ2) is 8.02. The fraction of sp³-hybridized carbons (Fsp3) is 0.0952. The van der Waals surface area contributed by atoms with Crippen molar-refractivity contribution in [3.63, 3.8) is 0 Å². The van der Waals surface area contributed by atoms with Crippen molar-refractivity contribution in [1.29, 1.82) is 0 Å². The highest BCUT2D eigenvalue weighted by molar-refractivity contribution is 5.93. The average Bonchev–Trinajstić information content (AvgIpc) is 2.65. The van der Waals surface area contributed by atoms with E-state index in [1.54, 1.807) is 18.2 Å². The van der Waals surface area contributed by atoms with E-state index in [0.717, 1.165) is 21.9 Å². The quantitative estimate of drug-likeness (QED) is 0.723. The summed E-state index contributed by atoms with van der Waals surface area (Å²) < 4.78 is 5.14. The fourth-order valence-electron chi connectivity index (χ4n) is 2.55. The molecule has 0 aliphatic heterocycles. The molecule has 126 valence electrons. The number of ether oxygens (including phenoxy) is 1. The fourth-order valence-corrected chi connectivity index (χ4v) is 2.55. The summed E-state index contributed by atoms with van der Waals surface area (Å²) in [6, 6.07) is 20.9. The van der Waals surface area contributed by atoms with Crippen LogP contribution < -0.4 is 5.32 Å². The maximum atomic E-state index is 11.7. The predicted molar refractivity (Wildman–Crippen MR) is 99.3 cm³/mol. The number of amides is 1. The molecule has 25 heavy (non-hydrogen) atoms. The summed E-state index contributed by atoms with van der Waals surface area (Å²) in [7, 11) is 0. The summed E-state index contributed by atoms with van der Waals surface area (Å²) in [5.74, 6) is 0.210. The minimum atomic E-state index is -0.476. The van der Waals surface area contributed by atoms with E-state index in [-0.39, 0.29) is 12.4 Å². The highest BCUT2D eigenvalue weighted by atomic mass is 16.5. The van der Waals surface area contributed by atoms with E-state index >= 15 is 0 Å². The van der Waals surface area contributed by atoms with Crippen molar-refractivity contribution < 1.29 is 14.6 Å². The van der Waals surface area contributed by atoms with E-state index in [1.807, 2.05) is 60.7 Å². The van der Waals surface area contributed by atoms with E-state index in [9.17, 15) is 9.90 Å². The maximum Gasteiger partial charge on any atom is 0.407 e. The van der Waals surface area contributed by atoms with E-state index < -0.39 is 6.09 Å². The molecule has 0 unspecified atom stereocenters. The van der Waals surface area contributed by atoms with Gasteiger partial charge in [0.15, 0.2) is 0 Å². The standard InChI is InChI=1S/C21H19NO3/c23-20-13-12-17-9-4-5-10-18(17)19(20)11-6-14-22-21(24)25-15-16-7-2-1-3-8-16/h1-13,23H,14-15H2,(H,22,24). The lowest BCUT2D eigenvalue weighted by atomic mass is 10.0. The van der Waals surface area contributed by atoms with Crippen LogP contribution in [0.3, 0.4) is 0 Å². The molecule has 0 saturated carbocycles. The first-order valence-corrected chi connectivity index (χ1v) is 8.06. The molecule has 3 aromatic rings. The van der Waals surface area contributed by atoms with Crippen LogP contribution in [0.1, 0.15) is 11.1 Å². The Kier molecular flexibility index (Phi) is 5.32. The Hall–Kier alpha value is -3.27. The molecule has 0 heterocycles. The van der Waals surface area contributed by atoms with Gasteiger partial charge in [0.2, 0.25) is 0 Å². The highest BCUT2D eigenvalue weighted by Crippen LogP contribution is 2.28. The summed E-state index contributed by atoms with van der Waals surface area (Å²) in [6.07, 6.45) is 3.11. The van der Waals surface area contributed by atoms with Crippen molar-refractivity contribution in [1.82, 2.24) is 5.32 Å². The summed E-state index contributed by atoms with van der Waals surface area (Å²) in [6.45, 7) is 0.552. The molecule has 1 amide bonds. The molecule has 0 spiro atoms. The number of phenols is 1. The number of carbonyl (C=O) groups is 1. The first-order chi connectivity index (χ1) is 12.2. The normalized spacial score (nSPS) is 10.9. The zero-order chi connectivity index (χ0) is 17.5. The molecule has 0 saturated heterocycles. The summed E-state index contributed by atoms with van der Waals surface area (Å²) in [5, 5.41) is 14.7.